The molecule has 0 saturated carbocycles. The van der Waals surface area contributed by atoms with Gasteiger partial charge < -0.3 is 55.3 Å². The summed E-state index contributed by atoms with van der Waals surface area (Å²) in [5, 5.41) is 72.7. The van der Waals surface area contributed by atoms with E-state index in [2.05, 4.69) is 11.9 Å². The number of carbonyl (C=O) groups is 1. The van der Waals surface area contributed by atoms with Crippen LogP contribution in [0.15, 0.2) is 12.7 Å². The van der Waals surface area contributed by atoms with E-state index in [1.54, 1.807) is 0 Å². The molecule has 12 nitrogen and oxygen atoms in total. The Labute approximate surface area is 166 Å². The second-order valence-electron chi connectivity index (χ2n) is 7.14. The third-order valence-electron chi connectivity index (χ3n) is 5.00. The predicted octanol–water partition coefficient (Wildman–Crippen LogP) is -4.31. The first-order valence-electron chi connectivity index (χ1n) is 9.12. The monoisotopic (exact) mass is 423 g/mol. The summed E-state index contributed by atoms with van der Waals surface area (Å²) in [6.45, 7) is 3.24. The van der Waals surface area contributed by atoms with Crippen LogP contribution in [0.1, 0.15) is 13.3 Å². The number of ether oxygens (including phenoxy) is 3. The Hall–Kier alpha value is -1.19. The summed E-state index contributed by atoms with van der Waals surface area (Å²) in [6, 6.07) is -1.39. The molecular weight excluding hydrogens is 394 g/mol. The molecule has 2 fully saturated rings. The van der Waals surface area contributed by atoms with Gasteiger partial charge in [-0.15, -0.1) is 6.58 Å². The van der Waals surface area contributed by atoms with E-state index in [4.69, 9.17) is 14.2 Å². The molecule has 0 bridgehead atoms. The summed E-state index contributed by atoms with van der Waals surface area (Å²) in [6.07, 6.45) is -11.2. The summed E-state index contributed by atoms with van der Waals surface area (Å²) in [4.78, 5) is 11.6. The standard InChI is InChI=1S/C17H29NO11/c1-3-4-17(26)15(18-7(2)21)13(25)14(9(6-20)29-17)28-16-12(24)11(23)10(22)8(5-19)27-16/h3,8-16,19-20,22-26H,1,4-6H2,2H3,(H,18,21)/t8-,9-,10+,11+,12-,13+,14-,15-,16+,17?/m1/s1. The molecule has 2 saturated heterocycles. The fraction of sp³-hybridized carbons (Fsp3) is 0.824. The summed E-state index contributed by atoms with van der Waals surface area (Å²) in [5.41, 5.74) is 0. The maximum atomic E-state index is 11.6. The zero-order valence-electron chi connectivity index (χ0n) is 15.9. The molecule has 0 spiro atoms. The molecule has 0 aromatic heterocycles. The zero-order chi connectivity index (χ0) is 21.9. The summed E-state index contributed by atoms with van der Waals surface area (Å²) in [5.74, 6) is -2.69. The van der Waals surface area contributed by atoms with Gasteiger partial charge in [-0.1, -0.05) is 6.08 Å². The molecule has 1 amide bonds. The van der Waals surface area contributed by atoms with E-state index < -0.39 is 80.0 Å². The molecular formula is C17H29NO11. The summed E-state index contributed by atoms with van der Waals surface area (Å²) >= 11 is 0. The highest BCUT2D eigenvalue weighted by molar-refractivity contribution is 5.73. The smallest absolute Gasteiger partial charge is 0.217 e. The molecule has 2 aliphatic heterocycles. The molecule has 12 heteroatoms. The van der Waals surface area contributed by atoms with Crippen molar-refractivity contribution in [2.75, 3.05) is 13.2 Å². The van der Waals surface area contributed by atoms with Crippen molar-refractivity contribution in [2.45, 2.75) is 74.2 Å². The zero-order valence-corrected chi connectivity index (χ0v) is 15.9. The van der Waals surface area contributed by atoms with Crippen molar-refractivity contribution >= 4 is 5.91 Å². The van der Waals surface area contributed by atoms with Gasteiger partial charge in [-0.25, -0.2) is 0 Å². The van der Waals surface area contributed by atoms with Crippen molar-refractivity contribution < 1.29 is 54.8 Å². The van der Waals surface area contributed by atoms with Crippen molar-refractivity contribution in [3.8, 4) is 0 Å². The number of aliphatic hydroxyl groups is 7. The van der Waals surface area contributed by atoms with E-state index >= 15 is 0 Å². The van der Waals surface area contributed by atoms with Gasteiger partial charge in [0.05, 0.1) is 13.2 Å². The first-order chi connectivity index (χ1) is 13.6. The molecule has 0 aliphatic carbocycles. The van der Waals surface area contributed by atoms with Crippen LogP contribution in [-0.4, -0.2) is 116 Å². The molecule has 0 aromatic carbocycles. The van der Waals surface area contributed by atoms with Gasteiger partial charge in [0.1, 0.15) is 48.8 Å². The Kier molecular flexibility index (Phi) is 8.09. The Balaban J connectivity index is 2.28. The van der Waals surface area contributed by atoms with Crippen molar-refractivity contribution in [3.05, 3.63) is 12.7 Å². The Morgan fingerprint density at radius 2 is 1.72 bits per heavy atom. The number of aliphatic hydroxyl groups excluding tert-OH is 6. The highest BCUT2D eigenvalue weighted by Crippen LogP contribution is 2.34. The van der Waals surface area contributed by atoms with E-state index in [1.165, 1.54) is 6.08 Å². The van der Waals surface area contributed by atoms with Crippen molar-refractivity contribution in [2.24, 2.45) is 0 Å². The lowest BCUT2D eigenvalue weighted by atomic mass is 9.88. The summed E-state index contributed by atoms with van der Waals surface area (Å²) in [7, 11) is 0. The molecule has 0 aromatic rings. The van der Waals surface area contributed by atoms with Crippen LogP contribution in [0, 0.1) is 0 Å². The molecule has 2 rings (SSSR count). The van der Waals surface area contributed by atoms with Crippen LogP contribution in [0.4, 0.5) is 0 Å². The van der Waals surface area contributed by atoms with Gasteiger partial charge in [-0.3, -0.25) is 4.79 Å². The van der Waals surface area contributed by atoms with Gasteiger partial charge in [-0.05, 0) is 0 Å². The van der Waals surface area contributed by atoms with E-state index in [-0.39, 0.29) is 6.42 Å². The predicted molar refractivity (Wildman–Crippen MR) is 94.0 cm³/mol. The van der Waals surface area contributed by atoms with Crippen LogP contribution in [0.2, 0.25) is 0 Å². The third kappa shape index (κ3) is 4.94. The fourth-order valence-corrected chi connectivity index (χ4v) is 3.52. The van der Waals surface area contributed by atoms with Crippen molar-refractivity contribution in [3.63, 3.8) is 0 Å². The van der Waals surface area contributed by atoms with Gasteiger partial charge in [0.15, 0.2) is 12.1 Å². The van der Waals surface area contributed by atoms with Crippen LogP contribution < -0.4 is 5.32 Å². The van der Waals surface area contributed by atoms with Gasteiger partial charge in [0.2, 0.25) is 5.91 Å². The number of nitrogens with one attached hydrogen (secondary N) is 1. The molecule has 1 unspecified atom stereocenters. The van der Waals surface area contributed by atoms with Gasteiger partial charge >= 0.3 is 0 Å². The molecule has 2 heterocycles. The minimum absolute atomic E-state index is 0.196. The first-order valence-corrected chi connectivity index (χ1v) is 9.12. The molecule has 10 atom stereocenters. The topological polar surface area (TPSA) is 198 Å². The van der Waals surface area contributed by atoms with E-state index in [0.29, 0.717) is 0 Å². The Morgan fingerprint density at radius 3 is 2.24 bits per heavy atom. The summed E-state index contributed by atoms with van der Waals surface area (Å²) < 4.78 is 16.2. The van der Waals surface area contributed by atoms with E-state index in [9.17, 15) is 40.5 Å². The lowest BCUT2D eigenvalue weighted by Gasteiger charge is -2.50. The average Bonchev–Trinajstić information content (AvgIpc) is 2.67. The van der Waals surface area contributed by atoms with Crippen LogP contribution >= 0.6 is 0 Å². The van der Waals surface area contributed by atoms with Crippen molar-refractivity contribution in [1.29, 1.82) is 0 Å². The normalized spacial score (nSPS) is 45.6. The van der Waals surface area contributed by atoms with Crippen LogP contribution in [0.3, 0.4) is 0 Å². The van der Waals surface area contributed by atoms with Crippen molar-refractivity contribution in [1.82, 2.24) is 5.32 Å². The van der Waals surface area contributed by atoms with Gasteiger partial charge in [0, 0.05) is 13.3 Å². The van der Waals surface area contributed by atoms with Crippen LogP contribution in [-0.2, 0) is 19.0 Å². The van der Waals surface area contributed by atoms with E-state index in [1.807, 2.05) is 0 Å². The number of hydrogen-bond donors (Lipinski definition) is 8. The molecule has 29 heavy (non-hydrogen) atoms. The second-order valence-corrected chi connectivity index (χ2v) is 7.14. The number of hydrogen-bond acceptors (Lipinski definition) is 11. The van der Waals surface area contributed by atoms with Crippen LogP contribution in [0.25, 0.3) is 0 Å². The lowest BCUT2D eigenvalue weighted by molar-refractivity contribution is -0.365. The highest BCUT2D eigenvalue weighted by Gasteiger charge is 2.55. The molecule has 168 valence electrons. The molecule has 8 N–H and O–H groups in total. The number of rotatable bonds is 7. The number of carbonyl (C=O) groups excluding carboxylic acids is 1. The average molecular weight is 423 g/mol. The maximum absolute atomic E-state index is 11.6. The minimum atomic E-state index is -2.10. The maximum Gasteiger partial charge on any atom is 0.217 e. The Morgan fingerprint density at radius 1 is 1.10 bits per heavy atom. The van der Waals surface area contributed by atoms with Gasteiger partial charge in [-0.2, -0.15) is 0 Å². The quantitative estimate of drug-likeness (QED) is 0.184. The molecule has 0 radical (unpaired) electrons. The fourth-order valence-electron chi connectivity index (χ4n) is 3.52. The van der Waals surface area contributed by atoms with E-state index in [0.717, 1.165) is 6.92 Å². The van der Waals surface area contributed by atoms with Gasteiger partial charge in [0.25, 0.3) is 0 Å². The minimum Gasteiger partial charge on any atom is -0.394 e. The number of amides is 1. The SMILES string of the molecule is C=CCC1(O)O[C@H](CO)[C@@H](O[C@@H]2O[C@H](CO)[C@H](O)[C@H](O)[C@H]2O)[C@H](O)[C@H]1NC(C)=O. The largest absolute Gasteiger partial charge is 0.394 e. The highest BCUT2D eigenvalue weighted by atomic mass is 16.7. The second kappa shape index (κ2) is 9.75. The first kappa shape index (κ1) is 24.1. The lowest BCUT2D eigenvalue weighted by Crippen LogP contribution is -2.71. The third-order valence-corrected chi connectivity index (χ3v) is 5.00. The van der Waals surface area contributed by atoms with Crippen LogP contribution in [0.5, 0.6) is 0 Å². The Bertz CT molecular complexity index is 576. The molecule has 2 aliphatic rings.